The van der Waals surface area contributed by atoms with Crippen LogP contribution in [0, 0.1) is 0 Å². The summed E-state index contributed by atoms with van der Waals surface area (Å²) in [5.41, 5.74) is 1.47. The zero-order valence-electron chi connectivity index (χ0n) is 15.5. The highest BCUT2D eigenvalue weighted by Crippen LogP contribution is 2.41. The van der Waals surface area contributed by atoms with E-state index < -0.39 is 10.4 Å². The Labute approximate surface area is 166 Å². The first-order valence-corrected chi connectivity index (χ1v) is 11.4. The van der Waals surface area contributed by atoms with Crippen molar-refractivity contribution in [1.29, 1.82) is 0 Å². The summed E-state index contributed by atoms with van der Waals surface area (Å²) in [7, 11) is 0. The van der Waals surface area contributed by atoms with Crippen LogP contribution in [0.15, 0.2) is 60.7 Å². The van der Waals surface area contributed by atoms with Crippen LogP contribution in [0.4, 0.5) is 0 Å². The first kappa shape index (κ1) is 21.4. The Bertz CT molecular complexity index is 606. The summed E-state index contributed by atoms with van der Waals surface area (Å²) in [5, 5.41) is 21.7. The molecule has 2 rings (SSSR count). The minimum atomic E-state index is -0.881. The molecule has 2 unspecified atom stereocenters. The first-order chi connectivity index (χ1) is 12.6. The summed E-state index contributed by atoms with van der Waals surface area (Å²) in [6.45, 7) is 2.17. The second kappa shape index (κ2) is 11.7. The van der Waals surface area contributed by atoms with Gasteiger partial charge in [-0.05, 0) is 36.1 Å². The first-order valence-electron chi connectivity index (χ1n) is 9.38. The van der Waals surface area contributed by atoms with Crippen LogP contribution < -0.4 is 0 Å². The molecule has 0 saturated carbocycles. The van der Waals surface area contributed by atoms with Gasteiger partial charge >= 0.3 is 0 Å². The molecule has 0 bridgehead atoms. The fourth-order valence-electron chi connectivity index (χ4n) is 2.78. The molecule has 0 aliphatic heterocycles. The Balaban J connectivity index is 1.88. The van der Waals surface area contributed by atoms with Crippen LogP contribution in [0.25, 0.3) is 0 Å². The molecule has 4 heteroatoms. The predicted molar refractivity (Wildman–Crippen MR) is 115 cm³/mol. The van der Waals surface area contributed by atoms with Crippen molar-refractivity contribution < 1.29 is 10.2 Å². The quantitative estimate of drug-likeness (QED) is 0.344. The van der Waals surface area contributed by atoms with Crippen molar-refractivity contribution in [2.45, 2.75) is 55.1 Å². The smallest absolute Gasteiger partial charge is 0.127 e. The maximum Gasteiger partial charge on any atom is 0.127 e. The second-order valence-electron chi connectivity index (χ2n) is 6.57. The standard InChI is InChI=1S/C22H30O2S2/c1-2-3-10-15-22(24,26-21(23)20-13-8-5-9-14-20)16-17-25-18-19-11-6-4-7-12-19/h4-9,11-14,21,23-24H,2-3,10,15-18H2,1H3. The predicted octanol–water partition coefficient (Wildman–Crippen LogP) is 6.00. The van der Waals surface area contributed by atoms with Gasteiger partial charge in [-0.15, -0.1) is 0 Å². The van der Waals surface area contributed by atoms with E-state index in [0.717, 1.165) is 42.8 Å². The molecule has 0 spiro atoms. The molecule has 0 heterocycles. The van der Waals surface area contributed by atoms with Gasteiger partial charge < -0.3 is 10.2 Å². The third kappa shape index (κ3) is 7.75. The van der Waals surface area contributed by atoms with E-state index in [9.17, 15) is 10.2 Å². The number of thioether (sulfide) groups is 2. The number of unbranched alkanes of at least 4 members (excludes halogenated alkanes) is 2. The topological polar surface area (TPSA) is 40.5 Å². The van der Waals surface area contributed by atoms with Crippen LogP contribution in [0.1, 0.15) is 55.6 Å². The largest absolute Gasteiger partial charge is 0.379 e. The molecule has 2 atom stereocenters. The Morgan fingerprint density at radius 2 is 1.58 bits per heavy atom. The normalized spacial score (nSPS) is 14.7. The Morgan fingerprint density at radius 1 is 0.923 bits per heavy atom. The van der Waals surface area contributed by atoms with Crippen LogP contribution in [0.3, 0.4) is 0 Å². The summed E-state index contributed by atoms with van der Waals surface area (Å²) in [6.07, 6.45) is 4.64. The van der Waals surface area contributed by atoms with Crippen molar-refractivity contribution in [1.82, 2.24) is 0 Å². The Morgan fingerprint density at radius 3 is 2.23 bits per heavy atom. The van der Waals surface area contributed by atoms with Gasteiger partial charge in [-0.1, -0.05) is 92.2 Å². The zero-order chi connectivity index (χ0) is 18.7. The number of benzene rings is 2. The molecule has 0 amide bonds. The van der Waals surface area contributed by atoms with Crippen molar-refractivity contribution >= 4 is 23.5 Å². The van der Waals surface area contributed by atoms with Crippen molar-refractivity contribution in [2.24, 2.45) is 0 Å². The summed E-state index contributed by atoms with van der Waals surface area (Å²) in [5.74, 6) is 1.84. The molecule has 0 aliphatic rings. The molecular formula is C22H30O2S2. The number of aliphatic hydroxyl groups excluding tert-OH is 1. The third-order valence-electron chi connectivity index (χ3n) is 4.34. The lowest BCUT2D eigenvalue weighted by molar-refractivity contribution is 0.115. The molecule has 0 saturated heterocycles. The average molecular weight is 391 g/mol. The van der Waals surface area contributed by atoms with Crippen LogP contribution in [0.2, 0.25) is 0 Å². The fourth-order valence-corrected chi connectivity index (χ4v) is 5.16. The summed E-state index contributed by atoms with van der Waals surface area (Å²) in [6, 6.07) is 20.0. The summed E-state index contributed by atoms with van der Waals surface area (Å²) in [4.78, 5) is -0.881. The van der Waals surface area contributed by atoms with Gasteiger partial charge in [0.15, 0.2) is 0 Å². The molecule has 2 nitrogen and oxygen atoms in total. The number of hydrogen-bond acceptors (Lipinski definition) is 4. The number of hydrogen-bond donors (Lipinski definition) is 2. The average Bonchev–Trinajstić information content (AvgIpc) is 2.67. The maximum absolute atomic E-state index is 11.2. The van der Waals surface area contributed by atoms with E-state index in [0.29, 0.717) is 6.42 Å². The molecule has 0 radical (unpaired) electrons. The number of rotatable bonds is 12. The SMILES string of the molecule is CCCCCC(O)(CCSCc1ccccc1)SC(O)c1ccccc1. The molecule has 2 N–H and O–H groups in total. The zero-order valence-corrected chi connectivity index (χ0v) is 17.1. The maximum atomic E-state index is 11.2. The van der Waals surface area contributed by atoms with E-state index in [1.807, 2.05) is 48.2 Å². The minimum absolute atomic E-state index is 0.683. The van der Waals surface area contributed by atoms with Crippen molar-refractivity contribution in [3.05, 3.63) is 71.8 Å². The van der Waals surface area contributed by atoms with E-state index >= 15 is 0 Å². The number of aliphatic hydroxyl groups is 2. The molecule has 0 fully saturated rings. The van der Waals surface area contributed by atoms with Crippen molar-refractivity contribution in [3.8, 4) is 0 Å². The summed E-state index contributed by atoms with van der Waals surface area (Å²) < 4.78 is 0. The molecule has 2 aromatic rings. The lowest BCUT2D eigenvalue weighted by atomic mass is 10.1. The molecule has 0 aromatic heterocycles. The molecule has 0 aliphatic carbocycles. The van der Waals surface area contributed by atoms with Gasteiger partial charge in [0.1, 0.15) is 10.4 Å². The van der Waals surface area contributed by atoms with Crippen molar-refractivity contribution in [2.75, 3.05) is 5.75 Å². The van der Waals surface area contributed by atoms with Gasteiger partial charge in [-0.2, -0.15) is 11.8 Å². The van der Waals surface area contributed by atoms with Crippen LogP contribution in [0.5, 0.6) is 0 Å². The second-order valence-corrected chi connectivity index (χ2v) is 9.12. The monoisotopic (exact) mass is 390 g/mol. The highest BCUT2D eigenvalue weighted by atomic mass is 32.2. The van der Waals surface area contributed by atoms with Gasteiger partial charge in [0.05, 0.1) is 0 Å². The van der Waals surface area contributed by atoms with Crippen LogP contribution in [-0.2, 0) is 5.75 Å². The Kier molecular flexibility index (Phi) is 9.62. The fraction of sp³-hybridized carbons (Fsp3) is 0.455. The van der Waals surface area contributed by atoms with E-state index in [1.54, 1.807) is 0 Å². The van der Waals surface area contributed by atoms with Gasteiger partial charge in [0, 0.05) is 5.75 Å². The highest BCUT2D eigenvalue weighted by Gasteiger charge is 2.30. The van der Waals surface area contributed by atoms with E-state index in [1.165, 1.54) is 17.3 Å². The third-order valence-corrected chi connectivity index (χ3v) is 6.71. The van der Waals surface area contributed by atoms with Gasteiger partial charge in [-0.3, -0.25) is 0 Å². The van der Waals surface area contributed by atoms with E-state index in [-0.39, 0.29) is 0 Å². The van der Waals surface area contributed by atoms with Crippen LogP contribution in [-0.4, -0.2) is 20.9 Å². The highest BCUT2D eigenvalue weighted by molar-refractivity contribution is 8.00. The summed E-state index contributed by atoms with van der Waals surface area (Å²) >= 11 is 3.13. The van der Waals surface area contributed by atoms with Crippen LogP contribution >= 0.6 is 23.5 Å². The van der Waals surface area contributed by atoms with Gasteiger partial charge in [0.2, 0.25) is 0 Å². The molecule has 142 valence electrons. The van der Waals surface area contributed by atoms with E-state index in [2.05, 4.69) is 31.2 Å². The van der Waals surface area contributed by atoms with Gasteiger partial charge in [-0.25, -0.2) is 0 Å². The molecular weight excluding hydrogens is 360 g/mol. The van der Waals surface area contributed by atoms with E-state index in [4.69, 9.17) is 0 Å². The minimum Gasteiger partial charge on any atom is -0.379 e. The molecule has 2 aromatic carbocycles. The van der Waals surface area contributed by atoms with Gasteiger partial charge in [0.25, 0.3) is 0 Å². The Hall–Kier alpha value is -0.940. The lowest BCUT2D eigenvalue weighted by Gasteiger charge is -2.30. The molecule has 26 heavy (non-hydrogen) atoms. The van der Waals surface area contributed by atoms with Crippen molar-refractivity contribution in [3.63, 3.8) is 0 Å². The lowest BCUT2D eigenvalue weighted by Crippen LogP contribution is -2.26.